The fourth-order valence-electron chi connectivity index (χ4n) is 2.28. The molecule has 1 heterocycles. The van der Waals surface area contributed by atoms with Crippen molar-refractivity contribution in [3.05, 3.63) is 70.8 Å². The van der Waals surface area contributed by atoms with Gasteiger partial charge in [-0.05, 0) is 37.1 Å². The van der Waals surface area contributed by atoms with E-state index in [0.717, 1.165) is 44.6 Å². The fraction of sp³-hybridized carbons (Fsp3) is 0.391. The molecule has 1 unspecified atom stereocenters. The van der Waals surface area contributed by atoms with Crippen molar-refractivity contribution in [1.82, 2.24) is 0 Å². The Labute approximate surface area is 236 Å². The van der Waals surface area contributed by atoms with Crippen molar-refractivity contribution in [2.45, 2.75) is 12.8 Å². The zero-order valence-corrected chi connectivity index (χ0v) is 24.4. The molecule has 36 heavy (non-hydrogen) atoms. The van der Waals surface area contributed by atoms with Gasteiger partial charge in [0.25, 0.3) is 0 Å². The van der Waals surface area contributed by atoms with Crippen LogP contribution in [0.2, 0.25) is 0 Å². The Bertz CT molecular complexity index is 975. The van der Waals surface area contributed by atoms with Gasteiger partial charge >= 0.3 is 35.5 Å². The van der Waals surface area contributed by atoms with Crippen molar-refractivity contribution in [2.24, 2.45) is 0 Å². The van der Waals surface area contributed by atoms with Crippen LogP contribution < -0.4 is 29.6 Å². The zero-order chi connectivity index (χ0) is 27.0. The third-order valence-electron chi connectivity index (χ3n) is 3.63. The van der Waals surface area contributed by atoms with E-state index in [-0.39, 0.29) is 47.9 Å². The Morgan fingerprint density at radius 1 is 0.833 bits per heavy atom. The van der Waals surface area contributed by atoms with E-state index in [1.165, 1.54) is 19.1 Å². The third-order valence-corrected chi connectivity index (χ3v) is 4.30. The number of esters is 1. The molecule has 198 valence electrons. The number of halogens is 4. The molecule has 1 atom stereocenters. The quantitative estimate of drug-likeness (QED) is 0.240. The number of ketones is 1. The molecule has 0 saturated carbocycles. The van der Waals surface area contributed by atoms with Crippen molar-refractivity contribution in [2.75, 3.05) is 44.8 Å². The first-order valence-corrected chi connectivity index (χ1v) is 13.7. The van der Waals surface area contributed by atoms with Crippen LogP contribution in [0.15, 0.2) is 36.4 Å². The van der Waals surface area contributed by atoms with E-state index in [4.69, 9.17) is 4.74 Å². The molecule has 0 bridgehead atoms. The number of Topliss-reactive ketones (excluding diaryl/α,β-unsaturated/α-hetero) is 1. The second-order valence-corrected chi connectivity index (χ2v) is 9.93. The number of carbonyl (C=O) groups excluding carboxylic acids is 2. The van der Waals surface area contributed by atoms with Crippen LogP contribution in [0.3, 0.4) is 0 Å². The van der Waals surface area contributed by atoms with E-state index in [9.17, 15) is 35.6 Å². The topological polar surface area (TPSA) is 86.7 Å². The van der Waals surface area contributed by atoms with Crippen molar-refractivity contribution < 1.29 is 76.0 Å². The van der Waals surface area contributed by atoms with Crippen LogP contribution in [0.4, 0.5) is 17.6 Å². The molecule has 0 amide bonds. The predicted octanol–water partition coefficient (Wildman–Crippen LogP) is 1.19. The summed E-state index contributed by atoms with van der Waals surface area (Å²) in [6.07, 6.45) is 7.19. The van der Waals surface area contributed by atoms with Gasteiger partial charge in [0.1, 0.15) is 23.3 Å². The summed E-state index contributed by atoms with van der Waals surface area (Å²) in [5.74, 6) is -4.71. The molecule has 2 aromatic rings. The number of ether oxygens (including phenoxy) is 2. The minimum absolute atomic E-state index is 0. The molecular weight excluding hydrogens is 535 g/mol. The number of carbonyl (C=O) groups is 2. The van der Waals surface area contributed by atoms with Gasteiger partial charge in [0, 0.05) is 71.3 Å². The van der Waals surface area contributed by atoms with Gasteiger partial charge in [-0.3, -0.25) is 13.2 Å². The van der Waals surface area contributed by atoms with E-state index < -0.39 is 56.6 Å². The number of benzene rings is 2. The molecule has 6 nitrogen and oxygen atoms in total. The number of rotatable bonds is 4. The molecule has 1 saturated heterocycles. The molecule has 2 aromatic carbocycles. The standard InChI is InChI=1S/C9H8F2O2S.C8H6F2O2.C4H8O.C2H6OS.Na.H/c1-14(13)5-9(12)6-2-7(10)4-8(11)3-6;1-12-8(11)5-2-6(9)4-7(10)3-5;1-2-4-5-3-1;1-4(2)3;;/h2-4H,5H2,1H3;2-4H,1H3;1-4H2;1-2H3;;/q;;;;+1;-1. The Balaban J connectivity index is -0.000000454. The van der Waals surface area contributed by atoms with Crippen molar-refractivity contribution in [1.29, 1.82) is 0 Å². The average molecular weight is 565 g/mol. The average Bonchev–Trinajstić information content (AvgIpc) is 3.31. The van der Waals surface area contributed by atoms with Crippen LogP contribution in [0.5, 0.6) is 0 Å². The maximum atomic E-state index is 12.7. The SMILES string of the molecule is C1CCOC1.COC(=O)c1cc(F)cc(F)c1.CS(=O)CC(=O)c1cc(F)cc(F)c1.CS(C)=O.[H-].[Na+]. The largest absolute Gasteiger partial charge is 1.00 e. The summed E-state index contributed by atoms with van der Waals surface area (Å²) in [6.45, 7) is 2.00. The molecule has 3 rings (SSSR count). The van der Waals surface area contributed by atoms with Gasteiger partial charge in [0.2, 0.25) is 0 Å². The number of hydrogen-bond donors (Lipinski definition) is 0. The summed E-state index contributed by atoms with van der Waals surface area (Å²) in [7, 11) is -0.771. The monoisotopic (exact) mass is 564 g/mol. The van der Waals surface area contributed by atoms with Crippen LogP contribution >= 0.6 is 0 Å². The molecular formula is C23H29F4NaO6S2. The van der Waals surface area contributed by atoms with Gasteiger partial charge in [-0.15, -0.1) is 0 Å². The summed E-state index contributed by atoms with van der Waals surface area (Å²) in [6, 6.07) is 5.05. The van der Waals surface area contributed by atoms with Crippen molar-refractivity contribution in [3.63, 3.8) is 0 Å². The van der Waals surface area contributed by atoms with Crippen LogP contribution in [0.1, 0.15) is 35.0 Å². The first kappa shape index (κ1) is 36.7. The van der Waals surface area contributed by atoms with E-state index in [1.807, 2.05) is 0 Å². The number of methoxy groups -OCH3 is 1. The Morgan fingerprint density at radius 3 is 1.47 bits per heavy atom. The molecule has 0 radical (unpaired) electrons. The summed E-state index contributed by atoms with van der Waals surface area (Å²) >= 11 is 0. The second-order valence-electron chi connectivity index (χ2n) is 7.01. The molecule has 1 aliphatic heterocycles. The summed E-state index contributed by atoms with van der Waals surface area (Å²) in [5.41, 5.74) is -0.215. The number of hydrogen-bond acceptors (Lipinski definition) is 6. The first-order chi connectivity index (χ1) is 16.3. The molecule has 0 N–H and O–H groups in total. The fourth-order valence-corrected chi connectivity index (χ4v) is 2.82. The Kier molecular flexibility index (Phi) is 21.0. The van der Waals surface area contributed by atoms with Crippen LogP contribution in [0.25, 0.3) is 0 Å². The van der Waals surface area contributed by atoms with E-state index in [1.54, 1.807) is 12.5 Å². The maximum absolute atomic E-state index is 12.7. The van der Waals surface area contributed by atoms with Gasteiger partial charge in [-0.2, -0.15) is 0 Å². The minimum atomic E-state index is -1.30. The van der Waals surface area contributed by atoms with E-state index >= 15 is 0 Å². The van der Waals surface area contributed by atoms with Crippen LogP contribution in [-0.2, 0) is 31.1 Å². The van der Waals surface area contributed by atoms with Crippen LogP contribution in [0, 0.1) is 23.3 Å². The summed E-state index contributed by atoms with van der Waals surface area (Å²) < 4.78 is 79.7. The molecule has 1 fully saturated rings. The second kappa shape index (κ2) is 20.6. The Hall–Kier alpha value is -1.44. The van der Waals surface area contributed by atoms with Gasteiger partial charge in [0.15, 0.2) is 5.78 Å². The third kappa shape index (κ3) is 18.8. The van der Waals surface area contributed by atoms with Gasteiger partial charge < -0.3 is 10.9 Å². The van der Waals surface area contributed by atoms with Crippen molar-refractivity contribution >= 4 is 33.4 Å². The van der Waals surface area contributed by atoms with Crippen molar-refractivity contribution in [3.8, 4) is 0 Å². The Morgan fingerprint density at radius 2 is 1.19 bits per heavy atom. The molecule has 0 aromatic heterocycles. The first-order valence-electron chi connectivity index (χ1n) is 10.0. The summed E-state index contributed by atoms with van der Waals surface area (Å²) in [4.78, 5) is 22.0. The predicted molar refractivity (Wildman–Crippen MR) is 128 cm³/mol. The maximum Gasteiger partial charge on any atom is 1.00 e. The van der Waals surface area contributed by atoms with E-state index in [0.29, 0.717) is 12.1 Å². The smallest absolute Gasteiger partial charge is 1.00 e. The molecule has 1 aliphatic rings. The summed E-state index contributed by atoms with van der Waals surface area (Å²) in [5, 5.41) is 0. The molecule has 13 heteroatoms. The van der Waals surface area contributed by atoms with Crippen LogP contribution in [-0.4, -0.2) is 65.0 Å². The zero-order valence-electron chi connectivity index (χ0n) is 21.8. The van der Waals surface area contributed by atoms with Gasteiger partial charge in [-0.25, -0.2) is 22.4 Å². The normalized spacial score (nSPS) is 12.4. The van der Waals surface area contributed by atoms with E-state index in [2.05, 4.69) is 4.74 Å². The van der Waals surface area contributed by atoms with Gasteiger partial charge in [0.05, 0.1) is 18.4 Å². The molecule has 0 aliphatic carbocycles. The minimum Gasteiger partial charge on any atom is -1.00 e. The van der Waals surface area contributed by atoms with Gasteiger partial charge in [-0.1, -0.05) is 0 Å². The molecule has 0 spiro atoms.